The van der Waals surface area contributed by atoms with Gasteiger partial charge in [-0.2, -0.15) is 13.2 Å². The van der Waals surface area contributed by atoms with Gasteiger partial charge in [-0.3, -0.25) is 0 Å². The van der Waals surface area contributed by atoms with Gasteiger partial charge in [-0.05, 0) is 18.2 Å². The molecule has 4 nitrogen and oxygen atoms in total. The number of aromatic nitrogens is 1. The molecule has 0 amide bonds. The van der Waals surface area contributed by atoms with E-state index >= 15 is 0 Å². The Morgan fingerprint density at radius 1 is 1.14 bits per heavy atom. The monoisotopic (exact) mass is 297 g/mol. The summed E-state index contributed by atoms with van der Waals surface area (Å²) >= 11 is 0. The molecule has 0 aliphatic rings. The van der Waals surface area contributed by atoms with Crippen molar-refractivity contribution in [2.75, 3.05) is 24.7 Å². The molecule has 2 aromatic rings. The lowest BCUT2D eigenvalue weighted by Crippen LogP contribution is -2.09. The topological polar surface area (TPSA) is 51.4 Å². The van der Waals surface area contributed by atoms with E-state index in [9.17, 15) is 13.2 Å². The molecule has 0 spiro atoms. The smallest absolute Gasteiger partial charge is 0.417 e. The predicted octanol–water partition coefficient (Wildman–Crippen LogP) is 3.54. The van der Waals surface area contributed by atoms with Crippen LogP contribution in [0.1, 0.15) is 5.56 Å². The Labute approximate surface area is 120 Å². The van der Waals surface area contributed by atoms with E-state index in [-0.39, 0.29) is 5.88 Å². The lowest BCUT2D eigenvalue weighted by Gasteiger charge is -2.15. The van der Waals surface area contributed by atoms with Gasteiger partial charge in [0, 0.05) is 38.1 Å². The SMILES string of the molecule is CN(C)c1ccc(N)c(Oc2ccc(C(F)(F)F)cn2)c1. The van der Waals surface area contributed by atoms with Crippen molar-refractivity contribution in [3.63, 3.8) is 0 Å². The summed E-state index contributed by atoms with van der Waals surface area (Å²) in [5, 5.41) is 0. The first kappa shape index (κ1) is 15.0. The molecule has 0 bridgehead atoms. The van der Waals surface area contributed by atoms with Crippen LogP contribution in [0.15, 0.2) is 36.5 Å². The molecule has 1 aromatic heterocycles. The zero-order valence-corrected chi connectivity index (χ0v) is 11.5. The highest BCUT2D eigenvalue weighted by atomic mass is 19.4. The van der Waals surface area contributed by atoms with Gasteiger partial charge < -0.3 is 15.4 Å². The van der Waals surface area contributed by atoms with Gasteiger partial charge in [0.05, 0.1) is 11.3 Å². The molecule has 0 saturated heterocycles. The lowest BCUT2D eigenvalue weighted by atomic mass is 10.2. The first-order chi connectivity index (χ1) is 9.77. The Balaban J connectivity index is 2.24. The number of rotatable bonds is 3. The van der Waals surface area contributed by atoms with Crippen molar-refractivity contribution in [1.29, 1.82) is 0 Å². The standard InChI is InChI=1S/C14H14F3N3O/c1-20(2)10-4-5-11(18)12(7-10)21-13-6-3-9(8-19-13)14(15,16)17/h3-8H,18H2,1-2H3. The number of halogens is 3. The number of benzene rings is 1. The van der Waals surface area contributed by atoms with Gasteiger partial charge in [-0.25, -0.2) is 4.98 Å². The normalized spacial score (nSPS) is 11.3. The minimum Gasteiger partial charge on any atom is -0.437 e. The van der Waals surface area contributed by atoms with Crippen LogP contribution in [-0.4, -0.2) is 19.1 Å². The van der Waals surface area contributed by atoms with Crippen LogP contribution in [-0.2, 0) is 6.18 Å². The third-order valence-electron chi connectivity index (χ3n) is 2.79. The maximum Gasteiger partial charge on any atom is 0.417 e. The molecule has 0 radical (unpaired) electrons. The van der Waals surface area contributed by atoms with E-state index in [1.54, 1.807) is 12.1 Å². The van der Waals surface area contributed by atoms with E-state index in [1.165, 1.54) is 0 Å². The van der Waals surface area contributed by atoms with Gasteiger partial charge in [-0.1, -0.05) is 0 Å². The summed E-state index contributed by atoms with van der Waals surface area (Å²) in [6.45, 7) is 0. The second kappa shape index (κ2) is 5.51. The Bertz CT molecular complexity index is 624. The number of pyridine rings is 1. The Morgan fingerprint density at radius 2 is 1.86 bits per heavy atom. The van der Waals surface area contributed by atoms with Crippen molar-refractivity contribution in [1.82, 2.24) is 4.98 Å². The summed E-state index contributed by atoms with van der Waals surface area (Å²) in [7, 11) is 3.71. The molecule has 0 fully saturated rings. The van der Waals surface area contributed by atoms with Crippen molar-refractivity contribution in [3.05, 3.63) is 42.1 Å². The van der Waals surface area contributed by atoms with Gasteiger partial charge in [0.25, 0.3) is 0 Å². The Morgan fingerprint density at radius 3 is 2.38 bits per heavy atom. The van der Waals surface area contributed by atoms with Crippen LogP contribution in [0.4, 0.5) is 24.5 Å². The Hall–Kier alpha value is -2.44. The minimum atomic E-state index is -4.42. The van der Waals surface area contributed by atoms with Gasteiger partial charge in [0.1, 0.15) is 0 Å². The quantitative estimate of drug-likeness (QED) is 0.880. The van der Waals surface area contributed by atoms with Crippen LogP contribution in [0.3, 0.4) is 0 Å². The molecule has 21 heavy (non-hydrogen) atoms. The number of nitrogen functional groups attached to an aromatic ring is 1. The highest BCUT2D eigenvalue weighted by molar-refractivity contribution is 5.62. The summed E-state index contributed by atoms with van der Waals surface area (Å²) in [5.41, 5.74) is 6.19. The summed E-state index contributed by atoms with van der Waals surface area (Å²) < 4.78 is 42.8. The number of alkyl halides is 3. The number of nitrogens with two attached hydrogens (primary N) is 1. The molecule has 0 atom stereocenters. The zero-order valence-electron chi connectivity index (χ0n) is 11.5. The number of hydrogen-bond acceptors (Lipinski definition) is 4. The van der Waals surface area contributed by atoms with Gasteiger partial charge in [0.15, 0.2) is 5.75 Å². The molecular formula is C14H14F3N3O. The largest absolute Gasteiger partial charge is 0.437 e. The van der Waals surface area contributed by atoms with E-state index in [0.29, 0.717) is 11.4 Å². The van der Waals surface area contributed by atoms with Crippen LogP contribution in [0, 0.1) is 0 Å². The zero-order chi connectivity index (χ0) is 15.6. The number of anilines is 2. The lowest BCUT2D eigenvalue weighted by molar-refractivity contribution is -0.137. The molecule has 7 heteroatoms. The van der Waals surface area contributed by atoms with E-state index in [2.05, 4.69) is 4.98 Å². The van der Waals surface area contributed by atoms with Crippen molar-refractivity contribution in [2.45, 2.75) is 6.18 Å². The first-order valence-corrected chi connectivity index (χ1v) is 6.05. The third-order valence-corrected chi connectivity index (χ3v) is 2.79. The average Bonchev–Trinajstić information content (AvgIpc) is 2.40. The third kappa shape index (κ3) is 3.56. The van der Waals surface area contributed by atoms with Crippen molar-refractivity contribution < 1.29 is 17.9 Å². The molecule has 0 aliphatic heterocycles. The number of hydrogen-bond donors (Lipinski definition) is 1. The van der Waals surface area contributed by atoms with Crippen molar-refractivity contribution in [3.8, 4) is 11.6 Å². The highest BCUT2D eigenvalue weighted by Crippen LogP contribution is 2.32. The highest BCUT2D eigenvalue weighted by Gasteiger charge is 2.30. The average molecular weight is 297 g/mol. The number of nitrogens with zero attached hydrogens (tertiary/aromatic N) is 2. The second-order valence-corrected chi connectivity index (χ2v) is 4.60. The molecule has 0 saturated carbocycles. The minimum absolute atomic E-state index is 0.0469. The van der Waals surface area contributed by atoms with E-state index < -0.39 is 11.7 Å². The fourth-order valence-corrected chi connectivity index (χ4v) is 1.61. The summed E-state index contributed by atoms with van der Waals surface area (Å²) in [6, 6.07) is 7.23. The van der Waals surface area contributed by atoms with Gasteiger partial charge >= 0.3 is 6.18 Å². The predicted molar refractivity (Wildman–Crippen MR) is 74.5 cm³/mol. The Kier molecular flexibility index (Phi) is 3.93. The van der Waals surface area contributed by atoms with Crippen LogP contribution in [0.25, 0.3) is 0 Å². The molecule has 2 N–H and O–H groups in total. The van der Waals surface area contributed by atoms with Crippen LogP contribution in [0.5, 0.6) is 11.6 Å². The molecule has 0 aliphatic carbocycles. The van der Waals surface area contributed by atoms with E-state index in [1.807, 2.05) is 25.1 Å². The fraction of sp³-hybridized carbons (Fsp3) is 0.214. The summed E-state index contributed by atoms with van der Waals surface area (Å²) in [4.78, 5) is 5.50. The van der Waals surface area contributed by atoms with Crippen LogP contribution < -0.4 is 15.4 Å². The number of ether oxygens (including phenoxy) is 1. The second-order valence-electron chi connectivity index (χ2n) is 4.60. The van der Waals surface area contributed by atoms with E-state index in [4.69, 9.17) is 10.5 Å². The van der Waals surface area contributed by atoms with Crippen molar-refractivity contribution >= 4 is 11.4 Å². The molecule has 1 aromatic carbocycles. The van der Waals surface area contributed by atoms with Gasteiger partial charge in [0.2, 0.25) is 5.88 Å². The maximum atomic E-state index is 12.4. The molecule has 112 valence electrons. The molecule has 0 unspecified atom stereocenters. The summed E-state index contributed by atoms with van der Waals surface area (Å²) in [5.74, 6) is 0.388. The maximum absolute atomic E-state index is 12.4. The van der Waals surface area contributed by atoms with Crippen LogP contribution in [0.2, 0.25) is 0 Å². The molecular weight excluding hydrogens is 283 g/mol. The van der Waals surface area contributed by atoms with Crippen molar-refractivity contribution in [2.24, 2.45) is 0 Å². The molecule has 1 heterocycles. The fourth-order valence-electron chi connectivity index (χ4n) is 1.61. The first-order valence-electron chi connectivity index (χ1n) is 6.05. The summed E-state index contributed by atoms with van der Waals surface area (Å²) in [6.07, 6.45) is -3.70. The van der Waals surface area contributed by atoms with Crippen LogP contribution >= 0.6 is 0 Å². The van der Waals surface area contributed by atoms with Gasteiger partial charge in [-0.15, -0.1) is 0 Å². The van der Waals surface area contributed by atoms with E-state index in [0.717, 1.165) is 24.0 Å². The molecule has 2 rings (SSSR count).